The average molecular weight is 251 g/mol. The van der Waals surface area contributed by atoms with E-state index in [1.54, 1.807) is 14.2 Å². The number of thiocarbonyl (C=S) groups is 1. The van der Waals surface area contributed by atoms with Gasteiger partial charge in [-0.1, -0.05) is 6.07 Å². The Morgan fingerprint density at radius 2 is 1.94 bits per heavy atom. The van der Waals surface area contributed by atoms with Gasteiger partial charge in [0, 0.05) is 12.6 Å². The Labute approximate surface area is 105 Å². The molecule has 90 valence electrons. The molecule has 0 saturated heterocycles. The molecule has 0 radical (unpaired) electrons. The zero-order valence-electron chi connectivity index (χ0n) is 9.88. The van der Waals surface area contributed by atoms with Crippen LogP contribution in [-0.2, 0) is 0 Å². The fraction of sp³-hybridized carbons (Fsp3) is 0.364. The lowest BCUT2D eigenvalue weighted by Gasteiger charge is -2.18. The van der Waals surface area contributed by atoms with E-state index in [0.717, 1.165) is 5.56 Å². The SMILES string of the molecule is COc1ccc(C2N=NC(=S)N2C)cc1OC. The molecule has 17 heavy (non-hydrogen) atoms. The Balaban J connectivity index is 2.34. The van der Waals surface area contributed by atoms with E-state index in [-0.39, 0.29) is 6.17 Å². The Morgan fingerprint density at radius 1 is 1.24 bits per heavy atom. The minimum absolute atomic E-state index is 0.178. The molecular weight excluding hydrogens is 238 g/mol. The first-order valence-electron chi connectivity index (χ1n) is 5.07. The summed E-state index contributed by atoms with van der Waals surface area (Å²) in [7, 11) is 5.07. The van der Waals surface area contributed by atoms with Gasteiger partial charge in [0.25, 0.3) is 0 Å². The molecule has 0 fully saturated rings. The molecule has 0 amide bonds. The van der Waals surface area contributed by atoms with Gasteiger partial charge in [0.15, 0.2) is 17.7 Å². The van der Waals surface area contributed by atoms with E-state index in [4.69, 9.17) is 21.7 Å². The second-order valence-electron chi connectivity index (χ2n) is 3.60. The Kier molecular flexibility index (Phi) is 3.23. The van der Waals surface area contributed by atoms with Gasteiger partial charge >= 0.3 is 0 Å². The third kappa shape index (κ3) is 2.08. The molecule has 1 aromatic rings. The maximum atomic E-state index is 5.25. The Bertz CT molecular complexity index is 476. The van der Waals surface area contributed by atoms with Gasteiger partial charge < -0.3 is 14.4 Å². The number of hydrogen-bond acceptors (Lipinski definition) is 4. The third-order valence-corrected chi connectivity index (χ3v) is 3.00. The van der Waals surface area contributed by atoms with Crippen LogP contribution >= 0.6 is 12.2 Å². The molecule has 0 aliphatic carbocycles. The van der Waals surface area contributed by atoms with E-state index >= 15 is 0 Å². The van der Waals surface area contributed by atoms with Gasteiger partial charge in [0.2, 0.25) is 5.11 Å². The van der Waals surface area contributed by atoms with Crippen molar-refractivity contribution in [3.63, 3.8) is 0 Å². The van der Waals surface area contributed by atoms with E-state index < -0.39 is 0 Å². The molecule has 6 heteroatoms. The van der Waals surface area contributed by atoms with E-state index in [0.29, 0.717) is 16.6 Å². The quantitative estimate of drug-likeness (QED) is 0.774. The van der Waals surface area contributed by atoms with Crippen LogP contribution in [0.1, 0.15) is 11.7 Å². The van der Waals surface area contributed by atoms with Crippen molar-refractivity contribution in [2.45, 2.75) is 6.17 Å². The highest BCUT2D eigenvalue weighted by Crippen LogP contribution is 2.34. The van der Waals surface area contributed by atoms with Crippen LogP contribution in [0.25, 0.3) is 0 Å². The van der Waals surface area contributed by atoms with E-state index in [2.05, 4.69) is 10.2 Å². The number of nitrogens with zero attached hydrogens (tertiary/aromatic N) is 3. The summed E-state index contributed by atoms with van der Waals surface area (Å²) in [4.78, 5) is 1.83. The second-order valence-corrected chi connectivity index (χ2v) is 3.96. The van der Waals surface area contributed by atoms with Crippen molar-refractivity contribution in [2.24, 2.45) is 10.2 Å². The van der Waals surface area contributed by atoms with Gasteiger partial charge in [0.05, 0.1) is 14.2 Å². The van der Waals surface area contributed by atoms with Crippen LogP contribution in [-0.4, -0.2) is 31.3 Å². The van der Waals surface area contributed by atoms with Crippen molar-refractivity contribution in [3.8, 4) is 11.5 Å². The van der Waals surface area contributed by atoms with Gasteiger partial charge in [-0.2, -0.15) is 5.11 Å². The smallest absolute Gasteiger partial charge is 0.217 e. The molecule has 0 spiro atoms. The summed E-state index contributed by atoms with van der Waals surface area (Å²) in [6.07, 6.45) is -0.178. The summed E-state index contributed by atoms with van der Waals surface area (Å²) in [5, 5.41) is 8.49. The molecule has 0 bridgehead atoms. The lowest BCUT2D eigenvalue weighted by atomic mass is 10.1. The molecule has 5 nitrogen and oxygen atoms in total. The van der Waals surface area contributed by atoms with Crippen molar-refractivity contribution in [3.05, 3.63) is 23.8 Å². The average Bonchev–Trinajstić information content (AvgIpc) is 2.69. The molecule has 1 aromatic carbocycles. The molecule has 0 N–H and O–H groups in total. The van der Waals surface area contributed by atoms with Gasteiger partial charge in [-0.05, 0) is 24.4 Å². The monoisotopic (exact) mass is 251 g/mol. The molecule has 0 saturated carbocycles. The van der Waals surface area contributed by atoms with E-state index in [9.17, 15) is 0 Å². The first kappa shape index (κ1) is 11.8. The van der Waals surface area contributed by atoms with Crippen LogP contribution in [0.5, 0.6) is 11.5 Å². The van der Waals surface area contributed by atoms with Crippen LogP contribution in [0.3, 0.4) is 0 Å². The Hall–Kier alpha value is -1.69. The summed E-state index contributed by atoms with van der Waals surface area (Å²) in [6, 6.07) is 5.65. The fourth-order valence-corrected chi connectivity index (χ4v) is 1.81. The van der Waals surface area contributed by atoms with E-state index in [1.807, 2.05) is 30.1 Å². The highest BCUT2D eigenvalue weighted by Gasteiger charge is 2.25. The summed E-state index contributed by atoms with van der Waals surface area (Å²) < 4.78 is 10.4. The molecule has 1 aliphatic rings. The lowest BCUT2D eigenvalue weighted by molar-refractivity contribution is 0.351. The minimum Gasteiger partial charge on any atom is -0.493 e. The van der Waals surface area contributed by atoms with Crippen LogP contribution < -0.4 is 9.47 Å². The summed E-state index contributed by atoms with van der Waals surface area (Å²) in [5.41, 5.74) is 0.966. The summed E-state index contributed by atoms with van der Waals surface area (Å²) in [5.74, 6) is 1.36. The molecule has 1 unspecified atom stereocenters. The lowest BCUT2D eigenvalue weighted by Crippen LogP contribution is -2.22. The normalized spacial score (nSPS) is 18.6. The first-order chi connectivity index (χ1) is 8.17. The highest BCUT2D eigenvalue weighted by atomic mass is 32.1. The van der Waals surface area contributed by atoms with Crippen LogP contribution in [0.15, 0.2) is 28.4 Å². The predicted molar refractivity (Wildman–Crippen MR) is 67.5 cm³/mol. The topological polar surface area (TPSA) is 46.4 Å². The highest BCUT2D eigenvalue weighted by molar-refractivity contribution is 7.80. The van der Waals surface area contributed by atoms with Crippen molar-refractivity contribution >= 4 is 17.3 Å². The zero-order valence-corrected chi connectivity index (χ0v) is 10.7. The number of hydrogen-bond donors (Lipinski definition) is 0. The largest absolute Gasteiger partial charge is 0.493 e. The summed E-state index contributed by atoms with van der Waals surface area (Å²) >= 11 is 5.04. The zero-order chi connectivity index (χ0) is 12.4. The molecule has 2 rings (SSSR count). The van der Waals surface area contributed by atoms with Crippen molar-refractivity contribution in [1.29, 1.82) is 0 Å². The van der Waals surface area contributed by atoms with Crippen molar-refractivity contribution in [2.75, 3.05) is 21.3 Å². The number of benzene rings is 1. The van der Waals surface area contributed by atoms with Crippen molar-refractivity contribution in [1.82, 2.24) is 4.90 Å². The summed E-state index contributed by atoms with van der Waals surface area (Å²) in [6.45, 7) is 0. The first-order valence-corrected chi connectivity index (χ1v) is 5.47. The molecule has 1 heterocycles. The molecule has 1 aliphatic heterocycles. The third-order valence-electron chi connectivity index (χ3n) is 2.63. The standard InChI is InChI=1S/C11H13N3O2S/c1-14-10(12-13-11(14)17)7-4-5-8(15-2)9(6-7)16-3/h4-6,10H,1-3H3. The second kappa shape index (κ2) is 4.67. The fourth-order valence-electron chi connectivity index (χ4n) is 1.66. The number of ether oxygens (including phenoxy) is 2. The number of methoxy groups -OCH3 is 2. The van der Waals surface area contributed by atoms with Crippen LogP contribution in [0, 0.1) is 0 Å². The van der Waals surface area contributed by atoms with E-state index in [1.165, 1.54) is 0 Å². The van der Waals surface area contributed by atoms with Crippen LogP contribution in [0.2, 0.25) is 0 Å². The van der Waals surface area contributed by atoms with Gasteiger partial charge in [-0.25, -0.2) is 0 Å². The van der Waals surface area contributed by atoms with Gasteiger partial charge in [0.1, 0.15) is 0 Å². The minimum atomic E-state index is -0.178. The maximum Gasteiger partial charge on any atom is 0.217 e. The number of rotatable bonds is 3. The predicted octanol–water partition coefficient (Wildman–Crippen LogP) is 2.38. The molecular formula is C11H13N3O2S. The number of azo groups is 1. The van der Waals surface area contributed by atoms with Gasteiger partial charge in [-0.3, -0.25) is 0 Å². The Morgan fingerprint density at radius 3 is 2.47 bits per heavy atom. The maximum absolute atomic E-state index is 5.25. The van der Waals surface area contributed by atoms with Crippen molar-refractivity contribution < 1.29 is 9.47 Å². The molecule has 1 atom stereocenters. The molecule has 0 aromatic heterocycles. The van der Waals surface area contributed by atoms with Crippen LogP contribution in [0.4, 0.5) is 0 Å². The van der Waals surface area contributed by atoms with Gasteiger partial charge in [-0.15, -0.1) is 5.11 Å².